The molecule has 0 saturated carbocycles. The molecule has 0 spiro atoms. The summed E-state index contributed by atoms with van der Waals surface area (Å²) < 4.78 is 1.87. The summed E-state index contributed by atoms with van der Waals surface area (Å²) >= 11 is 0. The van der Waals surface area contributed by atoms with Gasteiger partial charge < -0.3 is 14.6 Å². The summed E-state index contributed by atoms with van der Waals surface area (Å²) in [6, 6.07) is 5.30. The summed E-state index contributed by atoms with van der Waals surface area (Å²) in [4.78, 5) is 13.2. The van der Waals surface area contributed by atoms with Gasteiger partial charge in [0, 0.05) is 19.3 Å². The molecule has 19 heavy (non-hydrogen) atoms. The van der Waals surface area contributed by atoms with Crippen LogP contribution in [-0.4, -0.2) is 32.4 Å². The lowest BCUT2D eigenvalue weighted by Crippen LogP contribution is -2.22. The first-order chi connectivity index (χ1) is 9.15. The van der Waals surface area contributed by atoms with Gasteiger partial charge in [0.15, 0.2) is 5.82 Å². The van der Waals surface area contributed by atoms with E-state index in [4.69, 9.17) is 5.11 Å². The number of fused-ring (bicyclic) bond motifs is 1. The second-order valence-corrected chi connectivity index (χ2v) is 4.68. The van der Waals surface area contributed by atoms with Crippen LogP contribution >= 0.6 is 0 Å². The molecule has 0 radical (unpaired) electrons. The lowest BCUT2D eigenvalue weighted by atomic mass is 10.1. The molecule has 0 bridgehead atoms. The van der Waals surface area contributed by atoms with Gasteiger partial charge in [0.25, 0.3) is 0 Å². The monoisotopic (exact) mass is 258 g/mol. The summed E-state index contributed by atoms with van der Waals surface area (Å²) in [6.07, 6.45) is 2.60. The third-order valence-corrected chi connectivity index (χ3v) is 3.46. The minimum Gasteiger partial charge on any atom is -0.478 e. The Bertz CT molecular complexity index is 635. The first kappa shape index (κ1) is 11.7. The van der Waals surface area contributed by atoms with Crippen molar-refractivity contribution in [1.82, 2.24) is 14.8 Å². The highest BCUT2D eigenvalue weighted by atomic mass is 16.4. The minimum atomic E-state index is -0.895. The zero-order valence-corrected chi connectivity index (χ0v) is 10.6. The van der Waals surface area contributed by atoms with Gasteiger partial charge >= 0.3 is 5.97 Å². The summed E-state index contributed by atoms with van der Waals surface area (Å²) in [7, 11) is 1.90. The van der Waals surface area contributed by atoms with Crippen LogP contribution in [0.3, 0.4) is 0 Å². The molecule has 2 heterocycles. The average Bonchev–Trinajstić information content (AvgIpc) is 2.97. The Morgan fingerprint density at radius 2 is 2.32 bits per heavy atom. The van der Waals surface area contributed by atoms with Crippen LogP contribution in [0.15, 0.2) is 24.5 Å². The first-order valence-corrected chi connectivity index (χ1v) is 6.09. The van der Waals surface area contributed by atoms with Gasteiger partial charge in [-0.15, -0.1) is 10.2 Å². The van der Waals surface area contributed by atoms with Crippen LogP contribution in [0.5, 0.6) is 0 Å². The van der Waals surface area contributed by atoms with Gasteiger partial charge in [0.1, 0.15) is 6.33 Å². The van der Waals surface area contributed by atoms with Crippen molar-refractivity contribution in [2.75, 3.05) is 11.4 Å². The van der Waals surface area contributed by atoms with E-state index in [1.165, 1.54) is 5.56 Å². The van der Waals surface area contributed by atoms with E-state index >= 15 is 0 Å². The fraction of sp³-hybridized carbons (Fsp3) is 0.308. The molecule has 1 aromatic heterocycles. The molecule has 1 aromatic carbocycles. The SMILES string of the molecule is Cn1cnnc1CN1CCc2ccc(C(=O)O)cc21. The lowest BCUT2D eigenvalue weighted by Gasteiger charge is -2.18. The Kier molecular flexibility index (Phi) is 2.70. The number of aryl methyl sites for hydroxylation is 1. The van der Waals surface area contributed by atoms with Crippen molar-refractivity contribution in [3.05, 3.63) is 41.5 Å². The molecular weight excluding hydrogens is 244 g/mol. The van der Waals surface area contributed by atoms with Gasteiger partial charge in [-0.05, 0) is 24.1 Å². The number of benzene rings is 1. The molecule has 0 saturated heterocycles. The molecule has 1 aliphatic heterocycles. The van der Waals surface area contributed by atoms with E-state index in [0.29, 0.717) is 12.1 Å². The molecule has 0 fully saturated rings. The fourth-order valence-electron chi connectivity index (χ4n) is 2.36. The zero-order chi connectivity index (χ0) is 13.4. The van der Waals surface area contributed by atoms with Crippen LogP contribution < -0.4 is 4.90 Å². The van der Waals surface area contributed by atoms with Gasteiger partial charge in [-0.1, -0.05) is 6.07 Å². The number of carboxylic acid groups (broad SMARTS) is 1. The number of carbonyl (C=O) groups is 1. The summed E-state index contributed by atoms with van der Waals surface area (Å²) in [5.74, 6) is -0.0260. The third-order valence-electron chi connectivity index (χ3n) is 3.46. The zero-order valence-electron chi connectivity index (χ0n) is 10.6. The summed E-state index contributed by atoms with van der Waals surface area (Å²) in [5, 5.41) is 17.0. The Balaban J connectivity index is 1.90. The highest BCUT2D eigenvalue weighted by molar-refractivity contribution is 5.89. The maximum Gasteiger partial charge on any atom is 0.335 e. The number of hydrogen-bond acceptors (Lipinski definition) is 4. The average molecular weight is 258 g/mol. The molecule has 98 valence electrons. The summed E-state index contributed by atoms with van der Waals surface area (Å²) in [5.41, 5.74) is 2.50. The van der Waals surface area contributed by atoms with Crippen molar-refractivity contribution in [1.29, 1.82) is 0 Å². The minimum absolute atomic E-state index is 0.323. The van der Waals surface area contributed by atoms with Crippen LogP contribution in [0.1, 0.15) is 21.7 Å². The number of anilines is 1. The predicted octanol–water partition coefficient (Wildman–Crippen LogP) is 1.08. The molecule has 0 aliphatic carbocycles. The van der Waals surface area contributed by atoms with Gasteiger partial charge in [0.2, 0.25) is 0 Å². The maximum atomic E-state index is 11.0. The molecule has 6 nitrogen and oxygen atoms in total. The molecule has 1 N–H and O–H groups in total. The second kappa shape index (κ2) is 4.38. The molecule has 0 unspecified atom stereocenters. The van der Waals surface area contributed by atoms with Crippen molar-refractivity contribution >= 4 is 11.7 Å². The molecule has 0 atom stereocenters. The number of nitrogens with zero attached hydrogens (tertiary/aromatic N) is 4. The third kappa shape index (κ3) is 2.05. The van der Waals surface area contributed by atoms with Gasteiger partial charge in [-0.3, -0.25) is 0 Å². The van der Waals surface area contributed by atoms with Crippen molar-refractivity contribution in [3.63, 3.8) is 0 Å². The molecule has 0 amide bonds. The van der Waals surface area contributed by atoms with Crippen molar-refractivity contribution < 1.29 is 9.90 Å². The van der Waals surface area contributed by atoms with Crippen LogP contribution in [0.4, 0.5) is 5.69 Å². The van der Waals surface area contributed by atoms with E-state index in [-0.39, 0.29) is 0 Å². The van der Waals surface area contributed by atoms with Gasteiger partial charge in [0.05, 0.1) is 12.1 Å². The van der Waals surface area contributed by atoms with E-state index in [2.05, 4.69) is 15.1 Å². The predicted molar refractivity (Wildman–Crippen MR) is 69.2 cm³/mol. The highest BCUT2D eigenvalue weighted by Gasteiger charge is 2.21. The second-order valence-electron chi connectivity index (χ2n) is 4.68. The number of carboxylic acids is 1. The Labute approximate surface area is 110 Å². The van der Waals surface area contributed by atoms with Crippen molar-refractivity contribution in [2.45, 2.75) is 13.0 Å². The Hall–Kier alpha value is -2.37. The largest absolute Gasteiger partial charge is 0.478 e. The number of aromatic nitrogens is 3. The standard InChI is InChI=1S/C13H14N4O2/c1-16-8-14-15-12(16)7-17-5-4-9-2-3-10(13(18)19)6-11(9)17/h2-3,6,8H,4-5,7H2,1H3,(H,18,19). The normalized spacial score (nSPS) is 13.6. The molecular formula is C13H14N4O2. The van der Waals surface area contributed by atoms with E-state index in [1.807, 2.05) is 17.7 Å². The van der Waals surface area contributed by atoms with E-state index in [1.54, 1.807) is 18.5 Å². The number of hydrogen-bond donors (Lipinski definition) is 1. The number of rotatable bonds is 3. The van der Waals surface area contributed by atoms with E-state index < -0.39 is 5.97 Å². The first-order valence-electron chi connectivity index (χ1n) is 6.09. The Morgan fingerprint density at radius 1 is 1.47 bits per heavy atom. The molecule has 2 aromatic rings. The molecule has 3 rings (SSSR count). The van der Waals surface area contributed by atoms with Crippen LogP contribution in [-0.2, 0) is 20.0 Å². The smallest absolute Gasteiger partial charge is 0.335 e. The molecule has 1 aliphatic rings. The lowest BCUT2D eigenvalue weighted by molar-refractivity contribution is 0.0697. The van der Waals surface area contributed by atoms with Crippen molar-refractivity contribution in [2.24, 2.45) is 7.05 Å². The summed E-state index contributed by atoms with van der Waals surface area (Å²) in [6.45, 7) is 1.53. The highest BCUT2D eigenvalue weighted by Crippen LogP contribution is 2.30. The van der Waals surface area contributed by atoms with Crippen LogP contribution in [0.25, 0.3) is 0 Å². The van der Waals surface area contributed by atoms with E-state index in [9.17, 15) is 4.79 Å². The van der Waals surface area contributed by atoms with E-state index in [0.717, 1.165) is 24.5 Å². The van der Waals surface area contributed by atoms with Crippen LogP contribution in [0, 0.1) is 0 Å². The fourth-order valence-corrected chi connectivity index (χ4v) is 2.36. The quantitative estimate of drug-likeness (QED) is 0.891. The molecule has 6 heteroatoms. The van der Waals surface area contributed by atoms with Gasteiger partial charge in [-0.25, -0.2) is 4.79 Å². The van der Waals surface area contributed by atoms with Crippen molar-refractivity contribution in [3.8, 4) is 0 Å². The topological polar surface area (TPSA) is 71.2 Å². The van der Waals surface area contributed by atoms with Crippen LogP contribution in [0.2, 0.25) is 0 Å². The number of aromatic carboxylic acids is 1. The van der Waals surface area contributed by atoms with Gasteiger partial charge in [-0.2, -0.15) is 0 Å². The maximum absolute atomic E-state index is 11.0. The Morgan fingerprint density at radius 3 is 3.00 bits per heavy atom.